The minimum atomic E-state index is -0.712. The summed E-state index contributed by atoms with van der Waals surface area (Å²) in [5.41, 5.74) is 1.72. The zero-order valence-corrected chi connectivity index (χ0v) is 17.7. The van der Waals surface area contributed by atoms with Crippen LogP contribution in [0.15, 0.2) is 53.5 Å². The average Bonchev–Trinajstić information content (AvgIpc) is 2.76. The van der Waals surface area contributed by atoms with Crippen molar-refractivity contribution in [2.24, 2.45) is 4.99 Å². The van der Waals surface area contributed by atoms with Crippen LogP contribution < -0.4 is 10.1 Å². The summed E-state index contributed by atoms with van der Waals surface area (Å²) in [6.07, 6.45) is -0.898. The molecule has 1 aliphatic rings. The van der Waals surface area contributed by atoms with Crippen LogP contribution in [0.25, 0.3) is 0 Å². The summed E-state index contributed by atoms with van der Waals surface area (Å²) in [6, 6.07) is 13.7. The van der Waals surface area contributed by atoms with Crippen LogP contribution in [0.4, 0.5) is 4.39 Å². The number of benzene rings is 2. The highest BCUT2D eigenvalue weighted by Crippen LogP contribution is 2.26. The predicted molar refractivity (Wildman–Crippen MR) is 115 cm³/mol. The Labute approximate surface area is 177 Å². The van der Waals surface area contributed by atoms with Crippen LogP contribution in [0.5, 0.6) is 5.75 Å². The summed E-state index contributed by atoms with van der Waals surface area (Å²) in [5, 5.41) is 13.9. The quantitative estimate of drug-likeness (QED) is 0.560. The van der Waals surface area contributed by atoms with Crippen molar-refractivity contribution in [2.45, 2.75) is 32.2 Å². The second-order valence-corrected chi connectivity index (χ2v) is 7.38. The highest BCUT2D eigenvalue weighted by atomic mass is 19.1. The molecule has 30 heavy (non-hydrogen) atoms. The molecule has 0 spiro atoms. The van der Waals surface area contributed by atoms with E-state index in [2.05, 4.69) is 15.2 Å². The molecule has 0 bridgehead atoms. The zero-order chi connectivity index (χ0) is 21.5. The van der Waals surface area contributed by atoms with Crippen molar-refractivity contribution >= 4 is 5.96 Å². The Hall–Kier alpha value is -2.64. The van der Waals surface area contributed by atoms with E-state index in [1.165, 1.54) is 12.1 Å². The van der Waals surface area contributed by atoms with Crippen LogP contribution in [0.2, 0.25) is 0 Å². The van der Waals surface area contributed by atoms with Crippen LogP contribution in [0.3, 0.4) is 0 Å². The number of rotatable bonds is 6. The second-order valence-electron chi connectivity index (χ2n) is 7.38. The Balaban J connectivity index is 1.72. The number of nitrogens with zero attached hydrogens (tertiary/aromatic N) is 2. The molecular weight excluding hydrogens is 385 g/mol. The average molecular weight is 416 g/mol. The van der Waals surface area contributed by atoms with Gasteiger partial charge in [0.05, 0.1) is 32.4 Å². The van der Waals surface area contributed by atoms with E-state index in [0.29, 0.717) is 19.6 Å². The molecule has 1 saturated heterocycles. The van der Waals surface area contributed by atoms with E-state index in [0.717, 1.165) is 22.8 Å². The third-order valence-electron chi connectivity index (χ3n) is 5.05. The Morgan fingerprint density at radius 3 is 2.57 bits per heavy atom. The lowest BCUT2D eigenvalue weighted by Crippen LogP contribution is -2.50. The smallest absolute Gasteiger partial charge is 0.194 e. The summed E-state index contributed by atoms with van der Waals surface area (Å²) in [4.78, 5) is 6.80. The van der Waals surface area contributed by atoms with Gasteiger partial charge in [-0.3, -0.25) is 4.99 Å². The van der Waals surface area contributed by atoms with Gasteiger partial charge in [0.25, 0.3) is 0 Å². The molecule has 2 N–H and O–H groups in total. The molecule has 0 radical (unpaired) electrons. The van der Waals surface area contributed by atoms with Crippen molar-refractivity contribution in [3.63, 3.8) is 0 Å². The molecular formula is C23H30FN3O3. The highest BCUT2D eigenvalue weighted by molar-refractivity contribution is 5.80. The molecule has 0 saturated carbocycles. The number of aliphatic imine (C=N–C) groups is 1. The Morgan fingerprint density at radius 1 is 1.23 bits per heavy atom. The minimum absolute atomic E-state index is 0.0100. The lowest BCUT2D eigenvalue weighted by Gasteiger charge is -2.38. The summed E-state index contributed by atoms with van der Waals surface area (Å²) in [7, 11) is 1.61. The number of hydrogen-bond donors (Lipinski definition) is 2. The molecule has 0 aromatic heterocycles. The van der Waals surface area contributed by atoms with E-state index in [1.54, 1.807) is 19.2 Å². The molecule has 1 fully saturated rings. The summed E-state index contributed by atoms with van der Waals surface area (Å²) >= 11 is 0. The summed E-state index contributed by atoms with van der Waals surface area (Å²) < 4.78 is 24.5. The molecule has 1 aliphatic heterocycles. The van der Waals surface area contributed by atoms with E-state index in [9.17, 15) is 9.50 Å². The Morgan fingerprint density at radius 2 is 1.93 bits per heavy atom. The van der Waals surface area contributed by atoms with Crippen molar-refractivity contribution in [3.05, 3.63) is 65.5 Å². The number of aliphatic hydroxyl groups is 1. The lowest BCUT2D eigenvalue weighted by molar-refractivity contribution is -0.0605. The molecule has 3 unspecified atom stereocenters. The van der Waals surface area contributed by atoms with Crippen LogP contribution in [-0.2, 0) is 4.74 Å². The molecule has 6 nitrogen and oxygen atoms in total. The molecule has 7 heteroatoms. The lowest BCUT2D eigenvalue weighted by atomic mass is 10.1. The fourth-order valence-corrected chi connectivity index (χ4v) is 3.52. The minimum Gasteiger partial charge on any atom is -0.497 e. The van der Waals surface area contributed by atoms with Gasteiger partial charge in [0.15, 0.2) is 5.96 Å². The van der Waals surface area contributed by atoms with Gasteiger partial charge in [0, 0.05) is 13.1 Å². The van der Waals surface area contributed by atoms with Gasteiger partial charge in [-0.05, 0) is 49.2 Å². The van der Waals surface area contributed by atoms with Crippen molar-refractivity contribution in [1.29, 1.82) is 0 Å². The maximum Gasteiger partial charge on any atom is 0.194 e. The first-order valence-corrected chi connectivity index (χ1v) is 10.3. The summed E-state index contributed by atoms with van der Waals surface area (Å²) in [5.74, 6) is 1.21. The maximum absolute atomic E-state index is 13.3. The van der Waals surface area contributed by atoms with Gasteiger partial charge >= 0.3 is 0 Å². The Kier molecular flexibility index (Phi) is 7.65. The first kappa shape index (κ1) is 22.1. The van der Waals surface area contributed by atoms with Gasteiger partial charge in [-0.1, -0.05) is 24.3 Å². The van der Waals surface area contributed by atoms with Crippen LogP contribution in [-0.4, -0.2) is 55.4 Å². The van der Waals surface area contributed by atoms with Gasteiger partial charge in [0.2, 0.25) is 0 Å². The number of aliphatic hydroxyl groups excluding tert-OH is 1. The predicted octanol–water partition coefficient (Wildman–Crippen LogP) is 3.30. The van der Waals surface area contributed by atoms with Crippen molar-refractivity contribution < 1.29 is 19.0 Å². The van der Waals surface area contributed by atoms with Gasteiger partial charge < -0.3 is 24.8 Å². The van der Waals surface area contributed by atoms with Gasteiger partial charge in [-0.25, -0.2) is 4.39 Å². The molecule has 3 rings (SSSR count). The van der Waals surface area contributed by atoms with Crippen molar-refractivity contribution in [2.75, 3.05) is 33.3 Å². The van der Waals surface area contributed by atoms with Crippen molar-refractivity contribution in [3.8, 4) is 5.75 Å². The number of hydrogen-bond acceptors (Lipinski definition) is 4. The Bertz CT molecular complexity index is 827. The van der Waals surface area contributed by atoms with Gasteiger partial charge in [-0.2, -0.15) is 0 Å². The van der Waals surface area contributed by atoms with Crippen LogP contribution >= 0.6 is 0 Å². The normalized spacial score (nSPS) is 20.7. The highest BCUT2D eigenvalue weighted by Gasteiger charge is 2.28. The number of halogens is 1. The largest absolute Gasteiger partial charge is 0.497 e. The third-order valence-corrected chi connectivity index (χ3v) is 5.05. The molecule has 0 amide bonds. The molecule has 162 valence electrons. The SMILES string of the molecule is CCNC(=NCC(O)c1ccc(OC)cc1)N1CC(C)OC(c2ccc(F)cc2)C1. The van der Waals surface area contributed by atoms with Crippen molar-refractivity contribution in [1.82, 2.24) is 10.2 Å². The molecule has 1 heterocycles. The maximum atomic E-state index is 13.3. The third kappa shape index (κ3) is 5.70. The first-order chi connectivity index (χ1) is 14.5. The number of methoxy groups -OCH3 is 1. The monoisotopic (exact) mass is 415 g/mol. The topological polar surface area (TPSA) is 66.3 Å². The fraction of sp³-hybridized carbons (Fsp3) is 0.435. The van der Waals surface area contributed by atoms with Crippen LogP contribution in [0, 0.1) is 5.82 Å². The molecule has 2 aromatic rings. The first-order valence-electron chi connectivity index (χ1n) is 10.3. The van der Waals surface area contributed by atoms with E-state index in [4.69, 9.17) is 9.47 Å². The van der Waals surface area contributed by atoms with E-state index < -0.39 is 6.10 Å². The van der Waals surface area contributed by atoms with E-state index in [-0.39, 0.29) is 24.6 Å². The molecule has 0 aliphatic carbocycles. The number of morpholine rings is 1. The number of ether oxygens (including phenoxy) is 2. The fourth-order valence-electron chi connectivity index (χ4n) is 3.52. The van der Waals surface area contributed by atoms with Crippen LogP contribution in [0.1, 0.15) is 37.2 Å². The second kappa shape index (κ2) is 10.4. The van der Waals surface area contributed by atoms with E-state index in [1.807, 2.05) is 38.1 Å². The number of nitrogens with one attached hydrogen (secondary N) is 1. The molecule has 2 aromatic carbocycles. The van der Waals surface area contributed by atoms with Gasteiger partial charge in [-0.15, -0.1) is 0 Å². The van der Waals surface area contributed by atoms with Gasteiger partial charge in [0.1, 0.15) is 17.7 Å². The van der Waals surface area contributed by atoms with E-state index >= 15 is 0 Å². The standard InChI is InChI=1S/C23H30FN3O3/c1-4-25-23(26-13-21(28)17-7-11-20(29-3)12-8-17)27-14-16(2)30-22(15-27)18-5-9-19(24)10-6-18/h5-12,16,21-22,28H,4,13-15H2,1-3H3,(H,25,26). The number of guanidine groups is 1. The summed E-state index contributed by atoms with van der Waals surface area (Å²) in [6.45, 7) is 6.25. The zero-order valence-electron chi connectivity index (χ0n) is 17.7. The molecule has 3 atom stereocenters.